The number of rotatable bonds is 13. The lowest BCUT2D eigenvalue weighted by atomic mass is 9.80. The lowest BCUT2D eigenvalue weighted by molar-refractivity contribution is -0.00963. The molecule has 0 heterocycles. The van der Waals surface area contributed by atoms with Crippen LogP contribution >= 0.6 is 48.8 Å². The molecule has 8 fully saturated rings. The number of thioether (sulfide) groups is 2. The highest BCUT2D eigenvalue weighted by atomic mass is 32.2. The molecule has 0 aliphatic heterocycles. The summed E-state index contributed by atoms with van der Waals surface area (Å²) in [7, 11) is 0. The molecule has 0 aromatic rings. The second kappa shape index (κ2) is 12.3. The Hall–Kier alpha value is 1.32. The van der Waals surface area contributed by atoms with Crippen LogP contribution in [0.4, 0.5) is 0 Å². The molecule has 8 aliphatic rings. The molecule has 226 valence electrons. The Morgan fingerprint density at radius 2 is 1.15 bits per heavy atom. The molecule has 0 N–H and O–H groups in total. The van der Waals surface area contributed by atoms with E-state index in [1.54, 1.807) is 0 Å². The van der Waals surface area contributed by atoms with Crippen LogP contribution in [0.1, 0.15) is 83.5 Å². The zero-order chi connectivity index (χ0) is 26.8. The van der Waals surface area contributed by atoms with Crippen molar-refractivity contribution in [3.05, 3.63) is 0 Å². The molecular formula is C34H54O2S4. The summed E-state index contributed by atoms with van der Waals surface area (Å²) in [5.41, 5.74) is 0. The molecule has 16 atom stereocenters. The van der Waals surface area contributed by atoms with Crippen molar-refractivity contribution in [2.24, 2.45) is 65.1 Å². The Labute approximate surface area is 264 Å². The Bertz CT molecular complexity index is 886. The van der Waals surface area contributed by atoms with Crippen LogP contribution < -0.4 is 0 Å². The van der Waals surface area contributed by atoms with E-state index in [0.717, 1.165) is 83.6 Å². The smallest absolute Gasteiger partial charge is 0.0608 e. The molecule has 0 saturated heterocycles. The van der Waals surface area contributed by atoms with Crippen molar-refractivity contribution in [1.29, 1.82) is 0 Å². The van der Waals surface area contributed by atoms with Crippen LogP contribution in [0.15, 0.2) is 0 Å². The molecule has 6 heteroatoms. The number of hydrogen-bond acceptors (Lipinski definition) is 6. The van der Waals surface area contributed by atoms with E-state index in [1.165, 1.54) is 101 Å². The van der Waals surface area contributed by atoms with E-state index in [1.807, 2.05) is 0 Å². The highest BCUT2D eigenvalue weighted by Gasteiger charge is 2.57. The van der Waals surface area contributed by atoms with Crippen molar-refractivity contribution in [3.8, 4) is 0 Å². The van der Waals surface area contributed by atoms with Gasteiger partial charge in [0.15, 0.2) is 0 Å². The Kier molecular flexibility index (Phi) is 8.81. The third-order valence-electron chi connectivity index (χ3n) is 13.7. The number of fused-ring (bicyclic) bond motifs is 12. The first kappa shape index (κ1) is 28.8. The fraction of sp³-hybridized carbons (Fsp3) is 1.00. The second-order valence-corrected chi connectivity index (χ2v) is 19.7. The first-order chi connectivity index (χ1) is 19.6. The van der Waals surface area contributed by atoms with Gasteiger partial charge in [-0.15, -0.1) is 0 Å². The molecular weight excluding hydrogens is 569 g/mol. The first-order valence-corrected chi connectivity index (χ1v) is 20.6. The van der Waals surface area contributed by atoms with Crippen molar-refractivity contribution in [3.63, 3.8) is 0 Å². The highest BCUT2D eigenvalue weighted by Crippen LogP contribution is 2.61. The highest BCUT2D eigenvalue weighted by molar-refractivity contribution is 8.00. The van der Waals surface area contributed by atoms with Gasteiger partial charge in [-0.2, -0.15) is 48.8 Å². The van der Waals surface area contributed by atoms with E-state index >= 15 is 0 Å². The van der Waals surface area contributed by atoms with Gasteiger partial charge in [0.25, 0.3) is 0 Å². The maximum absolute atomic E-state index is 6.53. The molecule has 2 nitrogen and oxygen atoms in total. The zero-order valence-electron chi connectivity index (χ0n) is 24.5. The Balaban J connectivity index is 0.686. The lowest BCUT2D eigenvalue weighted by Crippen LogP contribution is -2.30. The lowest BCUT2D eigenvalue weighted by Gasteiger charge is -2.31. The summed E-state index contributed by atoms with van der Waals surface area (Å²) < 4.78 is 13.0. The summed E-state index contributed by atoms with van der Waals surface area (Å²) in [4.78, 5) is 0. The van der Waals surface area contributed by atoms with E-state index in [2.05, 4.69) is 23.5 Å². The summed E-state index contributed by atoms with van der Waals surface area (Å²) in [6, 6.07) is 0. The van der Waals surface area contributed by atoms with E-state index in [9.17, 15) is 0 Å². The van der Waals surface area contributed by atoms with Crippen molar-refractivity contribution in [2.75, 3.05) is 30.5 Å². The van der Waals surface area contributed by atoms with Crippen molar-refractivity contribution in [1.82, 2.24) is 0 Å². The zero-order valence-corrected chi connectivity index (χ0v) is 27.9. The van der Waals surface area contributed by atoms with Gasteiger partial charge < -0.3 is 9.47 Å². The number of hydrogen-bond donors (Lipinski definition) is 2. The van der Waals surface area contributed by atoms with Crippen LogP contribution in [-0.4, -0.2) is 58.4 Å². The van der Waals surface area contributed by atoms with Crippen LogP contribution in [0.2, 0.25) is 0 Å². The average Bonchev–Trinajstić information content (AvgIpc) is 3.76. The third-order valence-corrected chi connectivity index (χ3v) is 17.3. The molecule has 16 unspecified atom stereocenters. The number of thiol groups is 2. The summed E-state index contributed by atoms with van der Waals surface area (Å²) in [6.07, 6.45) is 19.4. The molecule has 0 spiro atoms. The predicted octanol–water partition coefficient (Wildman–Crippen LogP) is 8.15. The molecule has 0 amide bonds. The number of ether oxygens (including phenoxy) is 2. The van der Waals surface area contributed by atoms with Gasteiger partial charge in [-0.1, -0.05) is 0 Å². The summed E-state index contributed by atoms with van der Waals surface area (Å²) in [5, 5.41) is 2.29. The van der Waals surface area contributed by atoms with E-state index in [0.29, 0.717) is 22.7 Å². The van der Waals surface area contributed by atoms with Gasteiger partial charge in [-0.25, -0.2) is 0 Å². The van der Waals surface area contributed by atoms with Crippen LogP contribution in [-0.2, 0) is 9.47 Å². The summed E-state index contributed by atoms with van der Waals surface area (Å²) in [5.74, 6) is 14.6. The van der Waals surface area contributed by atoms with Crippen LogP contribution in [0.25, 0.3) is 0 Å². The van der Waals surface area contributed by atoms with Gasteiger partial charge >= 0.3 is 0 Å². The molecule has 8 rings (SSSR count). The minimum absolute atomic E-state index is 0.581. The normalized spacial score (nSPS) is 53.2. The van der Waals surface area contributed by atoms with Crippen LogP contribution in [0.5, 0.6) is 0 Å². The maximum Gasteiger partial charge on any atom is 0.0608 e. The topological polar surface area (TPSA) is 18.5 Å². The Morgan fingerprint density at radius 3 is 1.77 bits per heavy atom. The molecule has 0 radical (unpaired) electrons. The molecule has 8 aliphatic carbocycles. The SMILES string of the molecule is SC1CC2C3CC(OCCCSCC4CC5CC(SCCCOC6CC7CC6C6CC(S)CC76)C4C5)C(C3)C2C1. The Morgan fingerprint density at radius 1 is 0.550 bits per heavy atom. The monoisotopic (exact) mass is 622 g/mol. The molecule has 0 aromatic heterocycles. The third kappa shape index (κ3) is 5.51. The van der Waals surface area contributed by atoms with E-state index < -0.39 is 0 Å². The van der Waals surface area contributed by atoms with Crippen molar-refractivity contribution in [2.45, 2.75) is 111 Å². The fourth-order valence-corrected chi connectivity index (χ4v) is 16.0. The molecule has 40 heavy (non-hydrogen) atoms. The minimum Gasteiger partial charge on any atom is -0.378 e. The van der Waals surface area contributed by atoms with Crippen LogP contribution in [0, 0.1) is 65.1 Å². The first-order valence-electron chi connectivity index (χ1n) is 17.4. The van der Waals surface area contributed by atoms with Crippen LogP contribution in [0.3, 0.4) is 0 Å². The van der Waals surface area contributed by atoms with Gasteiger partial charge in [-0.05, 0) is 166 Å². The largest absolute Gasteiger partial charge is 0.378 e. The average molecular weight is 623 g/mol. The fourth-order valence-electron chi connectivity index (χ4n) is 12.3. The quantitative estimate of drug-likeness (QED) is 0.159. The van der Waals surface area contributed by atoms with Gasteiger partial charge in [0.1, 0.15) is 0 Å². The molecule has 8 saturated carbocycles. The van der Waals surface area contributed by atoms with Gasteiger partial charge in [-0.3, -0.25) is 0 Å². The standard InChI is InChI=1S/C34H54O2S4/c37-23-14-25-20-10-30(28(25)16-23)32(12-20)35-3-1-5-39-18-22-7-19-8-27(22)34(9-19)40-6-2-4-36-33-13-21-11-31(33)29-17-24(38)15-26(21)29/h19-34,37-38H,1-18H2. The summed E-state index contributed by atoms with van der Waals surface area (Å²) >= 11 is 14.2. The van der Waals surface area contributed by atoms with E-state index in [-0.39, 0.29) is 0 Å². The molecule has 0 aromatic carbocycles. The van der Waals surface area contributed by atoms with Crippen molar-refractivity contribution >= 4 is 48.8 Å². The summed E-state index contributed by atoms with van der Waals surface area (Å²) in [6.45, 7) is 2.00. The maximum atomic E-state index is 6.53. The molecule has 6 bridgehead atoms. The van der Waals surface area contributed by atoms with Gasteiger partial charge in [0.2, 0.25) is 0 Å². The second-order valence-electron chi connectivity index (χ2n) is 15.7. The van der Waals surface area contributed by atoms with Gasteiger partial charge in [0.05, 0.1) is 12.2 Å². The van der Waals surface area contributed by atoms with Gasteiger partial charge in [0, 0.05) is 29.0 Å². The minimum atomic E-state index is 0.581. The van der Waals surface area contributed by atoms with E-state index in [4.69, 9.17) is 34.7 Å². The predicted molar refractivity (Wildman–Crippen MR) is 177 cm³/mol. The van der Waals surface area contributed by atoms with Crippen molar-refractivity contribution < 1.29 is 9.47 Å².